The molecule has 0 aromatic rings. The molecule has 0 aliphatic heterocycles. The van der Waals surface area contributed by atoms with Crippen LogP contribution < -0.4 is 11.5 Å². The van der Waals surface area contributed by atoms with Crippen LogP contribution in [0.5, 0.6) is 0 Å². The molecule has 0 heterocycles. The minimum absolute atomic E-state index is 0.221. The van der Waals surface area contributed by atoms with Gasteiger partial charge in [0.25, 0.3) is 5.91 Å². The Labute approximate surface area is 89.6 Å². The highest BCUT2D eigenvalue weighted by Crippen LogP contribution is 2.28. The molecular weight excluding hydrogens is 196 g/mol. The summed E-state index contributed by atoms with van der Waals surface area (Å²) in [6.07, 6.45) is 4.95. The van der Waals surface area contributed by atoms with Crippen LogP contribution in [0.2, 0.25) is 0 Å². The predicted octanol–water partition coefficient (Wildman–Crippen LogP) is 1.32. The molecule has 1 unspecified atom stereocenters. The van der Waals surface area contributed by atoms with E-state index >= 15 is 0 Å². The zero-order chi connectivity index (χ0) is 10.7. The van der Waals surface area contributed by atoms with E-state index in [1.165, 1.54) is 0 Å². The summed E-state index contributed by atoms with van der Waals surface area (Å²) in [6.45, 7) is 2.19. The normalized spacial score (nSPS) is 23.9. The number of hydrogen-bond acceptors (Lipinski definition) is 3. The highest BCUT2D eigenvalue weighted by Gasteiger charge is 2.18. The van der Waals surface area contributed by atoms with Crippen molar-refractivity contribution in [2.45, 2.75) is 26.2 Å². The fraction of sp³-hybridized carbons (Fsp3) is 0.500. The molecule has 0 bridgehead atoms. The van der Waals surface area contributed by atoms with E-state index in [-0.39, 0.29) is 5.03 Å². The summed E-state index contributed by atoms with van der Waals surface area (Å²) in [5.41, 5.74) is 12.1. The molecule has 0 saturated heterocycles. The molecule has 1 rings (SSSR count). The Morgan fingerprint density at radius 2 is 2.21 bits per heavy atom. The molecular formula is C10H16N2OS. The lowest BCUT2D eigenvalue weighted by Gasteiger charge is -2.19. The van der Waals surface area contributed by atoms with Crippen LogP contribution in [0, 0.1) is 5.92 Å². The van der Waals surface area contributed by atoms with E-state index in [4.69, 9.17) is 11.5 Å². The van der Waals surface area contributed by atoms with Gasteiger partial charge in [-0.2, -0.15) is 0 Å². The number of carbonyl (C=O) groups is 1. The van der Waals surface area contributed by atoms with Crippen LogP contribution in [0.25, 0.3) is 0 Å². The van der Waals surface area contributed by atoms with Crippen molar-refractivity contribution in [1.29, 1.82) is 0 Å². The highest BCUT2D eigenvalue weighted by atomic mass is 32.1. The maximum absolute atomic E-state index is 11.1. The minimum Gasteiger partial charge on any atom is -0.393 e. The Hall–Kier alpha value is -0.900. The third-order valence-corrected chi connectivity index (χ3v) is 2.72. The van der Waals surface area contributed by atoms with Crippen molar-refractivity contribution in [2.75, 3.05) is 0 Å². The van der Waals surface area contributed by atoms with Crippen LogP contribution in [-0.4, -0.2) is 5.91 Å². The molecule has 14 heavy (non-hydrogen) atoms. The fourth-order valence-electron chi connectivity index (χ4n) is 1.64. The zero-order valence-electron chi connectivity index (χ0n) is 8.29. The number of allylic oxidation sites excluding steroid dienone is 1. The molecule has 0 aromatic carbocycles. The molecule has 3 nitrogen and oxygen atoms in total. The summed E-state index contributed by atoms with van der Waals surface area (Å²) in [4.78, 5) is 11.1. The van der Waals surface area contributed by atoms with Crippen molar-refractivity contribution in [3.63, 3.8) is 0 Å². The minimum atomic E-state index is -0.488. The van der Waals surface area contributed by atoms with Crippen molar-refractivity contribution < 1.29 is 4.79 Å². The molecule has 78 valence electrons. The lowest BCUT2D eigenvalue weighted by Crippen LogP contribution is -2.20. The van der Waals surface area contributed by atoms with Gasteiger partial charge in [-0.05, 0) is 30.8 Å². The monoisotopic (exact) mass is 212 g/mol. The predicted molar refractivity (Wildman–Crippen MR) is 60.5 cm³/mol. The van der Waals surface area contributed by atoms with Crippen molar-refractivity contribution in [3.05, 3.63) is 22.3 Å². The van der Waals surface area contributed by atoms with Gasteiger partial charge in [0.1, 0.15) is 0 Å². The quantitative estimate of drug-likeness (QED) is 0.477. The van der Waals surface area contributed by atoms with Crippen LogP contribution >= 0.6 is 12.6 Å². The number of carbonyl (C=O) groups excluding carboxylic acids is 1. The van der Waals surface area contributed by atoms with E-state index in [9.17, 15) is 4.79 Å². The van der Waals surface area contributed by atoms with Gasteiger partial charge in [0.15, 0.2) is 0 Å². The van der Waals surface area contributed by atoms with Gasteiger partial charge in [-0.3, -0.25) is 4.79 Å². The van der Waals surface area contributed by atoms with E-state index in [1.54, 1.807) is 0 Å². The first-order valence-corrected chi connectivity index (χ1v) is 5.15. The lowest BCUT2D eigenvalue weighted by molar-refractivity contribution is -0.114. The molecule has 1 amide bonds. The van der Waals surface area contributed by atoms with Crippen molar-refractivity contribution >= 4 is 18.5 Å². The molecule has 1 atom stereocenters. The largest absolute Gasteiger partial charge is 0.393 e. The number of primary amides is 1. The van der Waals surface area contributed by atoms with Crippen LogP contribution in [-0.2, 0) is 4.79 Å². The lowest BCUT2D eigenvalue weighted by atomic mass is 9.87. The Balaban J connectivity index is 2.92. The Kier molecular flexibility index (Phi) is 3.63. The van der Waals surface area contributed by atoms with E-state index in [2.05, 4.69) is 19.6 Å². The van der Waals surface area contributed by atoms with Gasteiger partial charge < -0.3 is 11.5 Å². The van der Waals surface area contributed by atoms with E-state index in [0.29, 0.717) is 11.5 Å². The molecule has 0 fully saturated rings. The third kappa shape index (κ3) is 2.54. The zero-order valence-corrected chi connectivity index (χ0v) is 9.18. The van der Waals surface area contributed by atoms with E-state index in [1.807, 2.05) is 6.08 Å². The van der Waals surface area contributed by atoms with Crippen LogP contribution in [0.3, 0.4) is 0 Å². The average Bonchev–Trinajstić information content (AvgIpc) is 2.07. The van der Waals surface area contributed by atoms with E-state index < -0.39 is 5.91 Å². The summed E-state index contributed by atoms with van der Waals surface area (Å²) < 4.78 is 0. The first kappa shape index (κ1) is 11.2. The van der Waals surface area contributed by atoms with Crippen molar-refractivity contribution in [2.24, 2.45) is 17.4 Å². The number of hydrogen-bond donors (Lipinski definition) is 3. The van der Waals surface area contributed by atoms with Gasteiger partial charge in [-0.1, -0.05) is 13.0 Å². The second-order valence-corrected chi connectivity index (χ2v) is 4.22. The van der Waals surface area contributed by atoms with Gasteiger partial charge in [-0.25, -0.2) is 0 Å². The molecule has 1 aliphatic carbocycles. The van der Waals surface area contributed by atoms with Gasteiger partial charge in [-0.15, -0.1) is 12.6 Å². The van der Waals surface area contributed by atoms with Crippen molar-refractivity contribution in [3.8, 4) is 0 Å². The number of thiol groups is 1. The van der Waals surface area contributed by atoms with Crippen LogP contribution in [0.15, 0.2) is 22.3 Å². The van der Waals surface area contributed by atoms with Crippen molar-refractivity contribution in [1.82, 2.24) is 0 Å². The summed E-state index contributed by atoms with van der Waals surface area (Å²) in [7, 11) is 0. The summed E-state index contributed by atoms with van der Waals surface area (Å²) in [5.74, 6) is 0.187. The number of rotatable bonds is 2. The van der Waals surface area contributed by atoms with Gasteiger partial charge in [0.2, 0.25) is 0 Å². The molecule has 0 saturated carbocycles. The summed E-state index contributed by atoms with van der Waals surface area (Å²) >= 11 is 3.98. The molecule has 1 aliphatic rings. The number of amides is 1. The molecule has 4 N–H and O–H groups in total. The SMILES string of the molecule is CC1CC=C(/C(C(N)=O)=C(/N)S)CC1. The second-order valence-electron chi connectivity index (χ2n) is 3.73. The maximum atomic E-state index is 11.1. The molecule has 0 spiro atoms. The second kappa shape index (κ2) is 4.55. The van der Waals surface area contributed by atoms with Crippen LogP contribution in [0.4, 0.5) is 0 Å². The first-order chi connectivity index (χ1) is 6.52. The summed E-state index contributed by atoms with van der Waals surface area (Å²) in [5, 5.41) is 0.221. The maximum Gasteiger partial charge on any atom is 0.251 e. The topological polar surface area (TPSA) is 69.1 Å². The highest BCUT2D eigenvalue weighted by molar-refractivity contribution is 7.84. The van der Waals surface area contributed by atoms with Crippen LogP contribution in [0.1, 0.15) is 26.2 Å². The third-order valence-electron chi connectivity index (χ3n) is 2.50. The number of nitrogens with two attached hydrogens (primary N) is 2. The standard InChI is InChI=1S/C10H16N2OS/c1-6-2-4-7(5-3-6)8(9(11)13)10(12)14/h4,6,14H,2-3,5,12H2,1H3,(H2,11,13)/b10-8+. The Morgan fingerprint density at radius 1 is 1.57 bits per heavy atom. The molecule has 0 aromatic heterocycles. The Morgan fingerprint density at radius 3 is 2.57 bits per heavy atom. The molecule has 0 radical (unpaired) electrons. The van der Waals surface area contributed by atoms with Gasteiger partial charge >= 0.3 is 0 Å². The fourth-order valence-corrected chi connectivity index (χ4v) is 1.90. The smallest absolute Gasteiger partial charge is 0.251 e. The first-order valence-electron chi connectivity index (χ1n) is 4.70. The Bertz CT molecular complexity index is 303. The molecule has 4 heteroatoms. The summed E-state index contributed by atoms with van der Waals surface area (Å²) in [6, 6.07) is 0. The van der Waals surface area contributed by atoms with Gasteiger partial charge in [0, 0.05) is 0 Å². The van der Waals surface area contributed by atoms with Gasteiger partial charge in [0.05, 0.1) is 10.6 Å². The van der Waals surface area contributed by atoms with E-state index in [0.717, 1.165) is 24.8 Å². The average molecular weight is 212 g/mol.